The number of rotatable bonds is 4. The lowest BCUT2D eigenvalue weighted by molar-refractivity contribution is 0.335. The molecule has 0 saturated carbocycles. The molecule has 0 bridgehead atoms. The normalized spacial score (nSPS) is 12.9. The molecule has 1 aromatic heterocycles. The van der Waals surface area contributed by atoms with E-state index in [-0.39, 0.29) is 6.04 Å². The maximum atomic E-state index is 6.05. The third kappa shape index (κ3) is 3.42. The Kier molecular flexibility index (Phi) is 4.37. The molecule has 4 nitrogen and oxygen atoms in total. The van der Waals surface area contributed by atoms with Crippen molar-refractivity contribution >= 4 is 15.9 Å². The summed E-state index contributed by atoms with van der Waals surface area (Å²) in [6.45, 7) is 6.26. The van der Waals surface area contributed by atoms with Crippen LogP contribution in [0.2, 0.25) is 0 Å². The Morgan fingerprint density at radius 3 is 2.74 bits per heavy atom. The lowest BCUT2D eigenvalue weighted by Gasteiger charge is -2.08. The fourth-order valence-electron chi connectivity index (χ4n) is 1.98. The van der Waals surface area contributed by atoms with Crippen molar-refractivity contribution in [2.24, 2.45) is 11.7 Å². The Morgan fingerprint density at radius 2 is 2.11 bits per heavy atom. The summed E-state index contributed by atoms with van der Waals surface area (Å²) < 4.78 is 6.31. The number of benzene rings is 1. The second kappa shape index (κ2) is 5.84. The number of nitrogens with zero attached hydrogens (tertiary/aromatic N) is 2. The van der Waals surface area contributed by atoms with Gasteiger partial charge in [0.2, 0.25) is 11.7 Å². The lowest BCUT2D eigenvalue weighted by atomic mass is 10.0. The number of aryl methyl sites for hydroxylation is 1. The van der Waals surface area contributed by atoms with E-state index in [9.17, 15) is 0 Å². The molecule has 0 spiro atoms. The van der Waals surface area contributed by atoms with Crippen molar-refractivity contribution in [1.29, 1.82) is 0 Å². The van der Waals surface area contributed by atoms with Crippen molar-refractivity contribution in [2.45, 2.75) is 33.2 Å². The van der Waals surface area contributed by atoms with Crippen molar-refractivity contribution in [2.75, 3.05) is 0 Å². The topological polar surface area (TPSA) is 64.9 Å². The smallest absolute Gasteiger partial charge is 0.243 e. The first-order valence-corrected chi connectivity index (χ1v) is 7.12. The molecule has 1 aromatic carbocycles. The first-order chi connectivity index (χ1) is 8.97. The molecule has 2 aromatic rings. The van der Waals surface area contributed by atoms with Crippen molar-refractivity contribution in [3.63, 3.8) is 0 Å². The van der Waals surface area contributed by atoms with Gasteiger partial charge in [-0.05, 0) is 43.0 Å². The van der Waals surface area contributed by atoms with E-state index in [1.165, 1.54) is 0 Å². The predicted octanol–water partition coefficient (Wildman–Crippen LogP) is 3.85. The standard InChI is InChI=1S/C14H18BrN3O/c1-8(2)6-12(16)14-17-13(18-19-14)11-5-4-10(15)7-9(11)3/h4-5,7-8,12H,6,16H2,1-3H3/t12-/m0/s1. The molecule has 0 aliphatic heterocycles. The van der Waals surface area contributed by atoms with Gasteiger partial charge in [0.1, 0.15) is 0 Å². The van der Waals surface area contributed by atoms with Crippen molar-refractivity contribution in [3.8, 4) is 11.4 Å². The van der Waals surface area contributed by atoms with E-state index < -0.39 is 0 Å². The van der Waals surface area contributed by atoms with Crippen LogP contribution in [0.25, 0.3) is 11.4 Å². The van der Waals surface area contributed by atoms with Crippen LogP contribution < -0.4 is 5.73 Å². The minimum Gasteiger partial charge on any atom is -0.337 e. The van der Waals surface area contributed by atoms with Gasteiger partial charge in [0.15, 0.2) is 0 Å². The van der Waals surface area contributed by atoms with Crippen LogP contribution in [-0.4, -0.2) is 10.1 Å². The van der Waals surface area contributed by atoms with Crippen molar-refractivity contribution < 1.29 is 4.52 Å². The monoisotopic (exact) mass is 323 g/mol. The SMILES string of the molecule is Cc1cc(Br)ccc1-c1noc([C@@H](N)CC(C)C)n1. The average Bonchev–Trinajstić information content (AvgIpc) is 2.77. The Bertz CT molecular complexity index is 566. The molecule has 2 N–H and O–H groups in total. The maximum Gasteiger partial charge on any atom is 0.243 e. The van der Waals surface area contributed by atoms with E-state index in [0.717, 1.165) is 22.0 Å². The molecule has 102 valence electrons. The molecule has 1 heterocycles. The summed E-state index contributed by atoms with van der Waals surface area (Å²) in [5.74, 6) is 1.60. The van der Waals surface area contributed by atoms with Crippen molar-refractivity contribution in [1.82, 2.24) is 10.1 Å². The quantitative estimate of drug-likeness (QED) is 0.927. The zero-order valence-electron chi connectivity index (χ0n) is 11.4. The van der Waals surface area contributed by atoms with Gasteiger partial charge < -0.3 is 10.3 Å². The van der Waals surface area contributed by atoms with Crippen LogP contribution in [0.15, 0.2) is 27.2 Å². The molecule has 5 heteroatoms. The number of halogens is 1. The van der Waals surface area contributed by atoms with Gasteiger partial charge >= 0.3 is 0 Å². The van der Waals surface area contributed by atoms with Crippen LogP contribution >= 0.6 is 15.9 Å². The summed E-state index contributed by atoms with van der Waals surface area (Å²) in [5.41, 5.74) is 8.11. The highest BCUT2D eigenvalue weighted by atomic mass is 79.9. The Hall–Kier alpha value is -1.20. The van der Waals surface area contributed by atoms with Gasteiger partial charge in [-0.2, -0.15) is 4.98 Å². The number of hydrogen-bond donors (Lipinski definition) is 1. The van der Waals surface area contributed by atoms with Crippen LogP contribution in [0.1, 0.15) is 37.8 Å². The molecule has 2 rings (SSSR count). The molecule has 0 aliphatic rings. The van der Waals surface area contributed by atoms with Gasteiger partial charge in [0.05, 0.1) is 6.04 Å². The summed E-state index contributed by atoms with van der Waals surface area (Å²) in [6, 6.07) is 5.77. The van der Waals surface area contributed by atoms with Gasteiger partial charge in [-0.25, -0.2) is 0 Å². The molecule has 0 radical (unpaired) electrons. The van der Waals surface area contributed by atoms with Crippen LogP contribution in [0.5, 0.6) is 0 Å². The highest BCUT2D eigenvalue weighted by molar-refractivity contribution is 9.10. The molecular formula is C14H18BrN3O. The second-order valence-corrected chi connectivity index (χ2v) is 6.07. The first kappa shape index (κ1) is 14.2. The Balaban J connectivity index is 2.25. The van der Waals surface area contributed by atoms with E-state index in [2.05, 4.69) is 39.9 Å². The fourth-order valence-corrected chi connectivity index (χ4v) is 2.46. The molecule has 1 atom stereocenters. The highest BCUT2D eigenvalue weighted by Crippen LogP contribution is 2.25. The van der Waals surface area contributed by atoms with Crippen LogP contribution in [0, 0.1) is 12.8 Å². The molecular weight excluding hydrogens is 306 g/mol. The summed E-state index contributed by atoms with van der Waals surface area (Å²) >= 11 is 3.44. The van der Waals surface area contributed by atoms with Gasteiger partial charge in [-0.3, -0.25) is 0 Å². The van der Waals surface area contributed by atoms with Crippen molar-refractivity contribution in [3.05, 3.63) is 34.1 Å². The second-order valence-electron chi connectivity index (χ2n) is 5.15. The largest absolute Gasteiger partial charge is 0.337 e. The molecule has 0 amide bonds. The van der Waals surface area contributed by atoms with Gasteiger partial charge in [-0.1, -0.05) is 34.9 Å². The van der Waals surface area contributed by atoms with E-state index in [1.807, 2.05) is 25.1 Å². The predicted molar refractivity (Wildman–Crippen MR) is 78.6 cm³/mol. The summed E-state index contributed by atoms with van der Waals surface area (Å²) in [6.07, 6.45) is 0.834. The Morgan fingerprint density at radius 1 is 1.37 bits per heavy atom. The Labute approximate surface area is 121 Å². The fraction of sp³-hybridized carbons (Fsp3) is 0.429. The molecule has 0 aliphatic carbocycles. The third-order valence-electron chi connectivity index (χ3n) is 2.91. The van der Waals surface area contributed by atoms with Gasteiger partial charge in [0.25, 0.3) is 0 Å². The molecule has 0 unspecified atom stereocenters. The van der Waals surface area contributed by atoms with Gasteiger partial charge in [0, 0.05) is 10.0 Å². The molecule has 0 saturated heterocycles. The maximum absolute atomic E-state index is 6.05. The lowest BCUT2D eigenvalue weighted by Crippen LogP contribution is -2.13. The molecule has 0 fully saturated rings. The van der Waals surface area contributed by atoms with E-state index in [0.29, 0.717) is 17.6 Å². The minimum atomic E-state index is -0.197. The van der Waals surface area contributed by atoms with Crippen LogP contribution in [-0.2, 0) is 0 Å². The van der Waals surface area contributed by atoms with E-state index >= 15 is 0 Å². The molecule has 19 heavy (non-hydrogen) atoms. The first-order valence-electron chi connectivity index (χ1n) is 6.33. The minimum absolute atomic E-state index is 0.197. The van der Waals surface area contributed by atoms with Crippen LogP contribution in [0.4, 0.5) is 0 Å². The highest BCUT2D eigenvalue weighted by Gasteiger charge is 2.17. The van der Waals surface area contributed by atoms with E-state index in [4.69, 9.17) is 10.3 Å². The summed E-state index contributed by atoms with van der Waals surface area (Å²) in [7, 11) is 0. The number of nitrogens with two attached hydrogens (primary N) is 1. The zero-order valence-corrected chi connectivity index (χ0v) is 12.9. The summed E-state index contributed by atoms with van der Waals surface area (Å²) in [4.78, 5) is 4.41. The van der Waals surface area contributed by atoms with Gasteiger partial charge in [-0.15, -0.1) is 0 Å². The average molecular weight is 324 g/mol. The zero-order chi connectivity index (χ0) is 14.0. The third-order valence-corrected chi connectivity index (χ3v) is 3.41. The number of hydrogen-bond acceptors (Lipinski definition) is 4. The number of aromatic nitrogens is 2. The van der Waals surface area contributed by atoms with Crippen LogP contribution in [0.3, 0.4) is 0 Å². The van der Waals surface area contributed by atoms with E-state index in [1.54, 1.807) is 0 Å². The summed E-state index contributed by atoms with van der Waals surface area (Å²) in [5, 5.41) is 4.02.